The normalized spacial score (nSPS) is 16.1. The zero-order chi connectivity index (χ0) is 17.5. The number of halogens is 12. The number of hydrogen-bond donors (Lipinski definition) is 0. The first kappa shape index (κ1) is 19.6. The molecule has 0 amide bonds. The maximum Gasteiger partial charge on any atom is 0.463 e. The van der Waals surface area contributed by atoms with E-state index in [4.69, 9.17) is 0 Å². The van der Waals surface area contributed by atoms with Gasteiger partial charge in [0.1, 0.15) is 0 Å². The molecule has 0 aromatic carbocycles. The van der Waals surface area contributed by atoms with Gasteiger partial charge >= 0.3 is 30.2 Å². The molecule has 0 aliphatic heterocycles. The maximum absolute atomic E-state index is 12.6. The second-order valence-electron chi connectivity index (χ2n) is 3.31. The minimum Gasteiger partial charge on any atom is -0.480 e. The van der Waals surface area contributed by atoms with E-state index in [1.165, 1.54) is 0 Å². The van der Waals surface area contributed by atoms with Crippen molar-refractivity contribution in [2.45, 2.75) is 30.2 Å². The highest BCUT2D eigenvalue weighted by atomic mass is 19.4. The quantitative estimate of drug-likeness (QED) is 0.328. The molecule has 0 saturated carbocycles. The molecule has 0 aliphatic rings. The van der Waals surface area contributed by atoms with Crippen molar-refractivity contribution in [3.63, 3.8) is 0 Å². The van der Waals surface area contributed by atoms with Gasteiger partial charge in [-0.25, -0.2) is 0 Å². The minimum absolute atomic E-state index is 0.0969. The molecule has 2 nitrogen and oxygen atoms in total. The van der Waals surface area contributed by atoms with E-state index in [9.17, 15) is 52.7 Å². The van der Waals surface area contributed by atoms with E-state index in [0.717, 1.165) is 4.99 Å². The predicted octanol–water partition coefficient (Wildman–Crippen LogP) is 4.02. The first-order valence-electron chi connectivity index (χ1n) is 4.33. The number of alkyl halides is 12. The summed E-state index contributed by atoms with van der Waals surface area (Å²) in [7, 11) is -0.0969. The van der Waals surface area contributed by atoms with E-state index in [-0.39, 0.29) is 7.11 Å². The van der Waals surface area contributed by atoms with Gasteiger partial charge in [-0.15, -0.1) is 0 Å². The summed E-state index contributed by atoms with van der Waals surface area (Å²) >= 11 is 0. The van der Waals surface area contributed by atoms with Crippen LogP contribution in [0.2, 0.25) is 0 Å². The van der Waals surface area contributed by atoms with Gasteiger partial charge in [0.25, 0.3) is 5.90 Å². The van der Waals surface area contributed by atoms with Gasteiger partial charge in [0, 0.05) is 0 Å². The molecule has 0 rings (SSSR count). The summed E-state index contributed by atoms with van der Waals surface area (Å²) in [6.07, 6.45) is -13.6. The van der Waals surface area contributed by atoms with Gasteiger partial charge < -0.3 is 4.74 Å². The van der Waals surface area contributed by atoms with Crippen LogP contribution in [0.25, 0.3) is 0 Å². The van der Waals surface area contributed by atoms with Gasteiger partial charge in [0.15, 0.2) is 0 Å². The molecule has 0 aliphatic carbocycles. The van der Waals surface area contributed by atoms with Crippen molar-refractivity contribution in [3.8, 4) is 0 Å². The fraction of sp³-hybridized carbons (Fsp3) is 0.857. The first-order chi connectivity index (χ1) is 8.92. The lowest BCUT2D eigenvalue weighted by Gasteiger charge is -2.27. The highest BCUT2D eigenvalue weighted by Gasteiger charge is 2.75. The van der Waals surface area contributed by atoms with E-state index in [0.29, 0.717) is 0 Å². The lowest BCUT2D eigenvalue weighted by atomic mass is 10.2. The largest absolute Gasteiger partial charge is 0.480 e. The molecular weight excluding hydrogens is 342 g/mol. The van der Waals surface area contributed by atoms with Crippen LogP contribution >= 0.6 is 0 Å². The van der Waals surface area contributed by atoms with Crippen LogP contribution in [0.5, 0.6) is 0 Å². The summed E-state index contributed by atoms with van der Waals surface area (Å²) in [5, 5.41) is 0. The minimum atomic E-state index is -6.99. The van der Waals surface area contributed by atoms with Gasteiger partial charge in [0.2, 0.25) is 0 Å². The molecule has 0 bridgehead atoms. The van der Waals surface area contributed by atoms with Crippen molar-refractivity contribution in [1.82, 2.24) is 0 Å². The fourth-order valence-corrected chi connectivity index (χ4v) is 0.734. The highest BCUT2D eigenvalue weighted by Crippen LogP contribution is 2.48. The van der Waals surface area contributed by atoms with E-state index < -0.39 is 36.1 Å². The summed E-state index contributed by atoms with van der Waals surface area (Å²) in [4.78, 5) is 0.824. The van der Waals surface area contributed by atoms with E-state index in [1.807, 2.05) is 0 Å². The Balaban J connectivity index is 5.95. The molecule has 0 radical (unpaired) electrons. The summed E-state index contributed by atoms with van der Waals surface area (Å²) in [5.74, 6) is -16.6. The summed E-state index contributed by atoms with van der Waals surface area (Å²) in [6.45, 7) is 0. The Morgan fingerprint density at radius 2 is 1.10 bits per heavy atom. The Labute approximate surface area is 107 Å². The molecule has 0 saturated heterocycles. The maximum atomic E-state index is 12.6. The van der Waals surface area contributed by atoms with Crippen LogP contribution in [0, 0.1) is 0 Å². The molecule has 0 N–H and O–H groups in total. The second kappa shape index (κ2) is 5.12. The third-order valence-electron chi connectivity index (χ3n) is 1.79. The molecule has 0 fully saturated rings. The van der Waals surface area contributed by atoms with Crippen LogP contribution in [-0.2, 0) is 4.74 Å². The zero-order valence-electron chi connectivity index (χ0n) is 9.39. The summed E-state index contributed by atoms with van der Waals surface area (Å²) in [6, 6.07) is -6.65. The fourth-order valence-electron chi connectivity index (χ4n) is 0.734. The Bertz CT molecular complexity index is 405. The Morgan fingerprint density at radius 1 is 0.714 bits per heavy atom. The lowest BCUT2D eigenvalue weighted by Crippen LogP contribution is -2.53. The Morgan fingerprint density at radius 3 is 1.33 bits per heavy atom. The van der Waals surface area contributed by atoms with Crippen LogP contribution in [0.4, 0.5) is 52.7 Å². The van der Waals surface area contributed by atoms with Crippen LogP contribution in [0.1, 0.15) is 0 Å². The molecule has 14 heteroatoms. The molecule has 0 aromatic heterocycles. The van der Waals surface area contributed by atoms with Crippen LogP contribution in [0.15, 0.2) is 4.99 Å². The third kappa shape index (κ3) is 3.45. The van der Waals surface area contributed by atoms with Gasteiger partial charge in [-0.3, -0.25) is 0 Å². The molecule has 126 valence electrons. The third-order valence-corrected chi connectivity index (χ3v) is 1.79. The molecule has 0 aromatic rings. The smallest absolute Gasteiger partial charge is 0.463 e. The van der Waals surface area contributed by atoms with E-state index >= 15 is 0 Å². The van der Waals surface area contributed by atoms with Gasteiger partial charge in [-0.1, -0.05) is 0 Å². The number of aliphatic imine (C=N–C) groups is 1. The Kier molecular flexibility index (Phi) is 4.79. The second-order valence-corrected chi connectivity index (χ2v) is 3.31. The Hall–Kier alpha value is -1.37. The van der Waals surface area contributed by atoms with Gasteiger partial charge in [0.05, 0.1) is 7.11 Å². The molecule has 21 heavy (non-hydrogen) atoms. The lowest BCUT2D eigenvalue weighted by molar-refractivity contribution is -0.352. The molecule has 0 heterocycles. The van der Waals surface area contributed by atoms with Crippen molar-refractivity contribution < 1.29 is 57.4 Å². The summed E-state index contributed by atoms with van der Waals surface area (Å²) < 4.78 is 149. The molecule has 0 atom stereocenters. The van der Waals surface area contributed by atoms with Crippen molar-refractivity contribution in [2.75, 3.05) is 7.11 Å². The van der Waals surface area contributed by atoms with Crippen molar-refractivity contribution in [1.29, 1.82) is 0 Å². The molecule has 0 spiro atoms. The van der Waals surface area contributed by atoms with Crippen molar-refractivity contribution in [2.24, 2.45) is 4.99 Å². The first-order valence-corrected chi connectivity index (χ1v) is 4.33. The zero-order valence-corrected chi connectivity index (χ0v) is 9.39. The average Bonchev–Trinajstić information content (AvgIpc) is 2.22. The van der Waals surface area contributed by atoms with Crippen LogP contribution in [-0.4, -0.2) is 43.3 Å². The number of rotatable bonds is 3. The van der Waals surface area contributed by atoms with E-state index in [1.54, 1.807) is 0 Å². The highest BCUT2D eigenvalue weighted by molar-refractivity contribution is 5.84. The number of ether oxygens (including phenoxy) is 1. The van der Waals surface area contributed by atoms with Gasteiger partial charge in [-0.05, 0) is 0 Å². The van der Waals surface area contributed by atoms with Crippen molar-refractivity contribution >= 4 is 5.90 Å². The standard InChI is InChI=1S/C7H3F12NO/c1-21-2(3(8,9)5(12,13)14)20-7(18,19)4(10,11)6(15,16)17/h1H3. The average molecular weight is 345 g/mol. The van der Waals surface area contributed by atoms with Gasteiger partial charge in [-0.2, -0.15) is 57.7 Å². The number of hydrogen-bond acceptors (Lipinski definition) is 2. The van der Waals surface area contributed by atoms with E-state index in [2.05, 4.69) is 4.74 Å². The summed E-state index contributed by atoms with van der Waals surface area (Å²) in [5.41, 5.74) is 0. The number of methoxy groups -OCH3 is 1. The molecular formula is C7H3F12NO. The van der Waals surface area contributed by atoms with Crippen LogP contribution in [0.3, 0.4) is 0 Å². The van der Waals surface area contributed by atoms with Crippen LogP contribution < -0.4 is 0 Å². The SMILES string of the molecule is COC(=NC(F)(F)C(F)(F)C(F)(F)F)C(F)(F)C(F)(F)F. The molecule has 0 unspecified atom stereocenters. The number of nitrogens with zero attached hydrogens (tertiary/aromatic N) is 1. The monoisotopic (exact) mass is 345 g/mol. The topological polar surface area (TPSA) is 21.6 Å². The van der Waals surface area contributed by atoms with Crippen molar-refractivity contribution in [3.05, 3.63) is 0 Å². The predicted molar refractivity (Wildman–Crippen MR) is 41.4 cm³/mol.